The van der Waals surface area contributed by atoms with Crippen molar-refractivity contribution < 1.29 is 807 Å². The summed E-state index contributed by atoms with van der Waals surface area (Å²) >= 11 is 0. The Balaban J connectivity index is -0.00000000115. The van der Waals surface area contributed by atoms with E-state index >= 15 is 0 Å². The van der Waals surface area contributed by atoms with E-state index in [1.165, 1.54) is 107 Å². The van der Waals surface area contributed by atoms with Gasteiger partial charge in [0.1, 0.15) is 0 Å². The molecule has 0 bridgehead atoms. The first-order valence-corrected chi connectivity index (χ1v) is 17.1. The zero-order valence-electron chi connectivity index (χ0n) is 69.8. The summed E-state index contributed by atoms with van der Waals surface area (Å²) in [6.45, 7) is 14.0. The largest absolute Gasteiger partial charge is 2.00 e. The van der Waals surface area contributed by atoms with E-state index in [9.17, 15) is 0 Å². The van der Waals surface area contributed by atoms with E-state index in [4.69, 9.17) is 0 Å². The Morgan fingerprint density at radius 2 is 0.131 bits per heavy atom. The van der Waals surface area contributed by atoms with Crippen LogP contribution >= 0.6 is 0 Å². The van der Waals surface area contributed by atoms with Crippen molar-refractivity contribution in [2.45, 2.75) is 38.5 Å². The van der Waals surface area contributed by atoms with Crippen molar-refractivity contribution in [3.8, 4) is 0 Å². The molecule has 0 rings (SSSR count). The second-order valence-corrected chi connectivity index (χ2v) is 13.0. The van der Waals surface area contributed by atoms with E-state index in [0.29, 0.717) is 0 Å². The molecule has 0 aromatic carbocycles. The van der Waals surface area contributed by atoms with Crippen LogP contribution in [0.2, 0.25) is 0 Å². The Kier molecular flexibility index (Phi) is 13200. The number of rotatable bonds is 18. The van der Waals surface area contributed by atoms with Crippen molar-refractivity contribution in [1.29, 1.82) is 0 Å². The van der Waals surface area contributed by atoms with Gasteiger partial charge in [0.2, 0.25) is 0 Å². The topological polar surface area (TPSA) is 2170 Å². The first kappa shape index (κ1) is 1320. The monoisotopic (exact) mass is 2760 g/mol. The van der Waals surface area contributed by atoms with Gasteiger partial charge in [0.05, 0.1) is 163 Å². The number of quaternary nitrogens is 12. The maximum Gasteiger partial charge on any atom is 0.0821 e. The van der Waals surface area contributed by atoms with Crippen LogP contribution in [0.15, 0.2) is 0 Å². The molecule has 48 N–H and O–H groups in total. The quantitative estimate of drug-likeness (QED) is 0.0609. The van der Waals surface area contributed by atoms with Crippen LogP contribution in [0.4, 0.5) is 0 Å². The summed E-state index contributed by atoms with van der Waals surface area (Å²) in [6.07, 6.45) is 7.51. The van der Waals surface area contributed by atoms with Gasteiger partial charge in [-0.1, -0.05) is 0 Å². The van der Waals surface area contributed by atoms with E-state index in [2.05, 4.69) is 119 Å². The predicted octanol–water partition coefficient (Wildman–Crippen LogP) is -30.0. The Morgan fingerprint density at radius 3 is 0.138 bits per heavy atom. The van der Waals surface area contributed by atoms with Crippen LogP contribution in [0.5, 0.6) is 0 Å². The third-order valence-corrected chi connectivity index (χ3v) is 5.56. The Labute approximate surface area is 998 Å². The van der Waals surface area contributed by atoms with Crippen LogP contribution in [0.1, 0.15) is 38.5 Å². The van der Waals surface area contributed by atoms with Crippen molar-refractivity contribution in [3.05, 3.63) is 0 Å². The van der Waals surface area contributed by atoms with Gasteiger partial charge < -0.3 is 436 Å². The van der Waals surface area contributed by atoms with Crippen molar-refractivity contribution in [1.82, 2.24) is 0 Å². The van der Waals surface area contributed by atoms with Crippen LogP contribution < -0.4 is 63.8 Å². The fourth-order valence-electron chi connectivity index (χ4n) is 2.87. The summed E-state index contributed by atoms with van der Waals surface area (Å²) in [6, 6.07) is 0. The maximum absolute atomic E-state index is 3.74. The molecule has 0 heterocycles. The second-order valence-electron chi connectivity index (χ2n) is 13.0. The number of nitrogens with one attached hydrogen (secondary N) is 6. The summed E-state index contributed by atoms with van der Waals surface area (Å²) < 4.78 is 0. The molecule has 20 radical (unpaired) electrons. The molecule has 0 aliphatic carbocycles. The third kappa shape index (κ3) is 2370. The van der Waals surface area contributed by atoms with Crippen molar-refractivity contribution >= 4 is 0 Å². The fraction of sp³-hybridized carbons (Fsp3) is 1.00. The van der Waals surface area contributed by atoms with Gasteiger partial charge in [-0.05, 0) is 0 Å². The van der Waals surface area contributed by atoms with E-state index < -0.39 is 0 Å². The minimum atomic E-state index is 0. The molecule has 908 valence electrons. The van der Waals surface area contributed by atoms with Gasteiger partial charge in [-0.3, -0.25) is 0 Å². The summed E-state index contributed by atoms with van der Waals surface area (Å²) in [4.78, 5) is 9.10. The van der Waals surface area contributed by atoms with Gasteiger partial charge in [-0.2, -0.15) is 0 Å². The third-order valence-electron chi connectivity index (χ3n) is 5.56. The molecular formula is C30H120N12O68V20-100. The van der Waals surface area contributed by atoms with Gasteiger partial charge in [0, 0.05) is 410 Å². The molecule has 0 spiro atoms. The molecule has 130 heavy (non-hydrogen) atoms. The Bertz CT molecular complexity index is 489. The standard InChI is InChI=1S/6C5H14N2.12H2O.56O.20V/c6*1-7(2)5-3-4-6;;;;;;;;;;;;;;;;;;;;;;;;;;;;;;;;;;;;;;;;;;;;;;;;;;;;;;;;;;;;;;;;;;;;;;;;;;;;;;;;;;;;;;;;/h6*3-6H2,1-2H3;12*1H2;;;;;;;;;;;;;;;;;;;;;;;;;;;;;;;;;;;;;;;;;;;;;;;;;;;;;;;;;;;;;;;;;;;;;;;;;;;;/q;;;;;;;;;;;;;;;;;;56*-2;;;;;;;;;;;;;;;;;;;;/p+12. The molecular weight excluding hydrogens is 2640 g/mol. The van der Waals surface area contributed by atoms with Gasteiger partial charge in [0.25, 0.3) is 0 Å². The zero-order valence-corrected chi connectivity index (χ0v) is 97.7. The summed E-state index contributed by atoms with van der Waals surface area (Å²) in [5.74, 6) is 0. The van der Waals surface area contributed by atoms with Crippen LogP contribution in [0.3, 0.4) is 0 Å². The first-order valence-electron chi connectivity index (χ1n) is 17.1. The molecule has 0 aliphatic rings. The van der Waals surface area contributed by atoms with Crippen molar-refractivity contribution in [3.63, 3.8) is 0 Å². The zero-order chi connectivity index (χ0) is 34.2. The molecule has 0 aliphatic heterocycles. The Morgan fingerprint density at radius 1 is 0.100 bits per heavy atom. The number of hydrogen-bond acceptors (Lipinski definition) is 0. The molecule has 0 fully saturated rings. The first-order chi connectivity index (χ1) is 19.6. The molecule has 0 aromatic heterocycles. The Hall–Kier alpha value is 8.49. The van der Waals surface area contributed by atoms with E-state index in [1.807, 2.05) is 0 Å². The smallest absolute Gasteiger partial charge is 0.0821 e. The van der Waals surface area contributed by atoms with Gasteiger partial charge >= 0.3 is 0 Å². The molecule has 0 atom stereocenters. The molecule has 0 amide bonds. The second kappa shape index (κ2) is 1290. The van der Waals surface area contributed by atoms with Gasteiger partial charge in [0.15, 0.2) is 0 Å². The van der Waals surface area contributed by atoms with Crippen LogP contribution in [0.25, 0.3) is 0 Å². The molecule has 100 heteroatoms. The average molecular weight is 2760 g/mol. The summed E-state index contributed by atoms with van der Waals surface area (Å²) in [5.41, 5.74) is 22.5. The van der Waals surface area contributed by atoms with Crippen LogP contribution in [-0.2, 0) is 678 Å². The minimum Gasteiger partial charge on any atom is -2.00 e. The fourth-order valence-corrected chi connectivity index (χ4v) is 2.87. The summed E-state index contributed by atoms with van der Waals surface area (Å²) in [5, 5.41) is 0. The average Bonchev–Trinajstić information content (AvgIpc) is 2.91. The van der Waals surface area contributed by atoms with Gasteiger partial charge in [-0.15, -0.1) is 0 Å². The summed E-state index contributed by atoms with van der Waals surface area (Å²) in [7, 11) is 25.9. The van der Waals surface area contributed by atoms with Crippen LogP contribution in [-0.4, -0.2) is 229 Å². The maximum atomic E-state index is 3.74. The van der Waals surface area contributed by atoms with Crippen molar-refractivity contribution in [2.75, 3.05) is 163 Å². The van der Waals surface area contributed by atoms with Crippen molar-refractivity contribution in [2.24, 2.45) is 0 Å². The predicted molar refractivity (Wildman–Crippen MR) is 262 cm³/mol. The van der Waals surface area contributed by atoms with E-state index in [0.717, 1.165) is 39.3 Å². The van der Waals surface area contributed by atoms with E-state index in [1.54, 1.807) is 0 Å². The SMILES string of the molecule is C[NH+](C)CCC[NH3+].C[NH+](C)CCC[NH3+].C[NH+](C)CCC[NH3+].C[NH+](C)CCC[NH3+].C[NH+](C)CCC[NH3+].C[NH+](C)CCC[NH3+].O.O.O.O.O.O.O.O.O.O.O.O.[O-2].[O-2].[O-2].[O-2].[O-2].[O-2].[O-2].[O-2].[O-2].[O-2].[O-2].[O-2].[O-2].[O-2].[O-2].[O-2].[O-2].[O-2].[O-2].[O-2].[O-2].[O-2].[O-2].[O-2].[O-2].[O-2].[O-2].[O-2].[O-2].[O-2].[O-2].[O-2].[O-2].[O-2].[O-2].[O-2].[O-2].[O-2].[O-2].[O-2].[O-2].[O-2].[O-2].[O-2].[O-2].[O-2].[O-2].[O-2].[O-2].[O-2].[O-2].[O-2].[O-2].[O-2].[O-2].[O-2].[V].[V].[V].[V].[V].[V].[V].[V].[V].[V].[V].[V].[V].[V].[V].[V].[V].[V].[V].[V]. The minimum absolute atomic E-state index is 0. The van der Waals surface area contributed by atoms with Gasteiger partial charge in [-0.25, -0.2) is 0 Å². The molecule has 80 nitrogen and oxygen atoms in total. The normalized spacial score (nSPS) is 3.32. The van der Waals surface area contributed by atoms with Crippen LogP contribution in [0, 0.1) is 0 Å². The molecule has 0 saturated heterocycles. The molecule has 0 saturated carbocycles. The number of hydrogen-bond donors (Lipinski definition) is 12. The van der Waals surface area contributed by atoms with E-state index in [-0.39, 0.29) is 743 Å². The molecule has 0 unspecified atom stereocenters. The molecule has 0 aromatic rings.